The molecule has 16 heavy (non-hydrogen) atoms. The van der Waals surface area contributed by atoms with E-state index in [1.165, 1.54) is 0 Å². The summed E-state index contributed by atoms with van der Waals surface area (Å²) in [6.07, 6.45) is -4.60. The highest BCUT2D eigenvalue weighted by Gasteiger charge is 2.36. The van der Waals surface area contributed by atoms with Crippen LogP contribution in [0.2, 0.25) is 0 Å². The van der Waals surface area contributed by atoms with Crippen LogP contribution in [0.4, 0.5) is 13.2 Å². The molecule has 88 valence electrons. The first-order valence-electron chi connectivity index (χ1n) is 4.02. The molecule has 1 rings (SSSR count). The smallest absolute Gasteiger partial charge is 0.419 e. The normalized spacial score (nSPS) is 11.3. The van der Waals surface area contributed by atoms with Gasteiger partial charge in [-0.05, 0) is 28.1 Å². The largest absolute Gasteiger partial charge is 0.495 e. The lowest BCUT2D eigenvalue weighted by atomic mass is 10.1. The number of carbonyl (C=O) groups is 1. The van der Waals surface area contributed by atoms with Gasteiger partial charge in [0.1, 0.15) is 5.75 Å². The molecule has 0 radical (unpaired) electrons. The molecule has 0 aliphatic rings. The van der Waals surface area contributed by atoms with E-state index >= 15 is 0 Å². The number of carbonyl (C=O) groups excluding carboxylic acids is 1. The number of halogens is 4. The first kappa shape index (κ1) is 12.8. The molecule has 1 amide bonds. The summed E-state index contributed by atoms with van der Waals surface area (Å²) in [5, 5.41) is 0. The third-order valence-corrected chi connectivity index (χ3v) is 2.52. The number of methoxy groups -OCH3 is 1. The number of hydrogen-bond acceptors (Lipinski definition) is 2. The first-order chi connectivity index (χ1) is 7.29. The maximum Gasteiger partial charge on any atom is 0.419 e. The second-order valence-electron chi connectivity index (χ2n) is 2.87. The van der Waals surface area contributed by atoms with Crippen molar-refractivity contribution in [2.24, 2.45) is 5.73 Å². The highest BCUT2D eigenvalue weighted by molar-refractivity contribution is 9.10. The van der Waals surface area contributed by atoms with Crippen molar-refractivity contribution in [1.82, 2.24) is 0 Å². The number of nitrogens with two attached hydrogens (primary N) is 1. The monoisotopic (exact) mass is 297 g/mol. The molecule has 0 unspecified atom stereocenters. The van der Waals surface area contributed by atoms with Gasteiger partial charge in [0.15, 0.2) is 0 Å². The number of rotatable bonds is 2. The van der Waals surface area contributed by atoms with E-state index in [4.69, 9.17) is 5.73 Å². The number of amides is 1. The molecular weight excluding hydrogens is 291 g/mol. The van der Waals surface area contributed by atoms with E-state index in [1.54, 1.807) is 0 Å². The highest BCUT2D eigenvalue weighted by atomic mass is 79.9. The van der Waals surface area contributed by atoms with Gasteiger partial charge < -0.3 is 10.5 Å². The Kier molecular flexibility index (Phi) is 3.47. The van der Waals surface area contributed by atoms with Gasteiger partial charge in [0.25, 0.3) is 5.91 Å². The third-order valence-electron chi connectivity index (χ3n) is 1.86. The van der Waals surface area contributed by atoms with E-state index < -0.39 is 23.4 Å². The zero-order chi connectivity index (χ0) is 12.5. The van der Waals surface area contributed by atoms with Crippen molar-refractivity contribution < 1.29 is 22.7 Å². The SMILES string of the molecule is COc1c(C(F)(F)F)ccc(Br)c1C(N)=O. The third kappa shape index (κ3) is 2.29. The van der Waals surface area contributed by atoms with Crippen molar-refractivity contribution in [3.63, 3.8) is 0 Å². The van der Waals surface area contributed by atoms with Gasteiger partial charge in [-0.25, -0.2) is 0 Å². The summed E-state index contributed by atoms with van der Waals surface area (Å²) in [4.78, 5) is 11.0. The Bertz CT molecular complexity index is 431. The van der Waals surface area contributed by atoms with Crippen molar-refractivity contribution >= 4 is 21.8 Å². The van der Waals surface area contributed by atoms with E-state index in [1.807, 2.05) is 0 Å². The van der Waals surface area contributed by atoms with E-state index in [9.17, 15) is 18.0 Å². The molecule has 0 saturated heterocycles. The topological polar surface area (TPSA) is 52.3 Å². The van der Waals surface area contributed by atoms with Crippen molar-refractivity contribution in [1.29, 1.82) is 0 Å². The molecular formula is C9H7BrF3NO2. The molecule has 0 aromatic heterocycles. The Morgan fingerprint density at radius 2 is 2.00 bits per heavy atom. The van der Waals surface area contributed by atoms with Gasteiger partial charge in [-0.15, -0.1) is 0 Å². The molecule has 0 spiro atoms. The standard InChI is InChI=1S/C9H7BrF3NO2/c1-16-7-4(9(11,12)13)2-3-5(10)6(7)8(14)15/h2-3H,1H3,(H2,14,15). The van der Waals surface area contributed by atoms with Crippen LogP contribution in [0.5, 0.6) is 5.75 Å². The molecule has 0 fully saturated rings. The van der Waals surface area contributed by atoms with E-state index in [2.05, 4.69) is 20.7 Å². The summed E-state index contributed by atoms with van der Waals surface area (Å²) in [5.74, 6) is -1.57. The number of hydrogen-bond donors (Lipinski definition) is 1. The van der Waals surface area contributed by atoms with E-state index in [-0.39, 0.29) is 10.0 Å². The van der Waals surface area contributed by atoms with Gasteiger partial charge in [-0.2, -0.15) is 13.2 Å². The van der Waals surface area contributed by atoms with Crippen LogP contribution in [0.15, 0.2) is 16.6 Å². The minimum atomic E-state index is -4.60. The summed E-state index contributed by atoms with van der Waals surface area (Å²) in [7, 11) is 1.05. The van der Waals surface area contributed by atoms with Crippen LogP contribution in [0.25, 0.3) is 0 Å². The van der Waals surface area contributed by atoms with Crippen LogP contribution < -0.4 is 10.5 Å². The zero-order valence-electron chi connectivity index (χ0n) is 8.06. The lowest BCUT2D eigenvalue weighted by Gasteiger charge is -2.15. The fourth-order valence-electron chi connectivity index (χ4n) is 1.22. The van der Waals surface area contributed by atoms with E-state index in [0.717, 1.165) is 19.2 Å². The van der Waals surface area contributed by atoms with Crippen LogP contribution in [-0.2, 0) is 6.18 Å². The quantitative estimate of drug-likeness (QED) is 0.912. The van der Waals surface area contributed by atoms with Gasteiger partial charge >= 0.3 is 6.18 Å². The second-order valence-corrected chi connectivity index (χ2v) is 3.72. The molecule has 7 heteroatoms. The van der Waals surface area contributed by atoms with Gasteiger partial charge in [0.05, 0.1) is 18.2 Å². The molecule has 0 aliphatic heterocycles. The Morgan fingerprint density at radius 3 is 2.38 bits per heavy atom. The minimum absolute atomic E-state index is 0.157. The van der Waals surface area contributed by atoms with Crippen molar-refractivity contribution in [3.05, 3.63) is 27.7 Å². The molecule has 3 nitrogen and oxygen atoms in total. The van der Waals surface area contributed by atoms with Gasteiger partial charge in [-0.3, -0.25) is 4.79 Å². The molecule has 2 N–H and O–H groups in total. The molecule has 1 aromatic rings. The molecule has 0 saturated carbocycles. The zero-order valence-corrected chi connectivity index (χ0v) is 9.65. The fraction of sp³-hybridized carbons (Fsp3) is 0.222. The summed E-state index contributed by atoms with van der Waals surface area (Å²) in [6.45, 7) is 0. The fourth-order valence-corrected chi connectivity index (χ4v) is 1.73. The summed E-state index contributed by atoms with van der Waals surface area (Å²) >= 11 is 2.94. The van der Waals surface area contributed by atoms with Gasteiger partial charge in [-0.1, -0.05) is 0 Å². The average Bonchev–Trinajstić information content (AvgIpc) is 2.14. The number of primary amides is 1. The Balaban J connectivity index is 3.56. The van der Waals surface area contributed by atoms with Gasteiger partial charge in [0.2, 0.25) is 0 Å². The average molecular weight is 298 g/mol. The summed E-state index contributed by atoms with van der Waals surface area (Å²) < 4.78 is 42.4. The van der Waals surface area contributed by atoms with Gasteiger partial charge in [0, 0.05) is 4.47 Å². The predicted molar refractivity (Wildman–Crippen MR) is 54.2 cm³/mol. The Morgan fingerprint density at radius 1 is 1.44 bits per heavy atom. The molecule has 0 atom stereocenters. The number of alkyl halides is 3. The predicted octanol–water partition coefficient (Wildman–Crippen LogP) is 2.58. The highest BCUT2D eigenvalue weighted by Crippen LogP contribution is 2.40. The van der Waals surface area contributed by atoms with Crippen LogP contribution in [-0.4, -0.2) is 13.0 Å². The number of benzene rings is 1. The maximum atomic E-state index is 12.6. The maximum absolute atomic E-state index is 12.6. The molecule has 0 aliphatic carbocycles. The van der Waals surface area contributed by atoms with Crippen LogP contribution in [0, 0.1) is 0 Å². The Hall–Kier alpha value is -1.24. The van der Waals surface area contributed by atoms with Crippen LogP contribution in [0.1, 0.15) is 15.9 Å². The Labute approximate surface area is 97.5 Å². The number of ether oxygens (including phenoxy) is 1. The lowest BCUT2D eigenvalue weighted by Crippen LogP contribution is -2.17. The van der Waals surface area contributed by atoms with Crippen molar-refractivity contribution in [2.45, 2.75) is 6.18 Å². The second kappa shape index (κ2) is 4.32. The summed E-state index contributed by atoms with van der Waals surface area (Å²) in [6, 6.07) is 1.92. The molecule has 0 bridgehead atoms. The lowest BCUT2D eigenvalue weighted by molar-refractivity contribution is -0.138. The van der Waals surface area contributed by atoms with Crippen molar-refractivity contribution in [3.8, 4) is 5.75 Å². The van der Waals surface area contributed by atoms with Crippen LogP contribution in [0.3, 0.4) is 0 Å². The summed E-state index contributed by atoms with van der Waals surface area (Å²) in [5.41, 5.74) is 3.63. The first-order valence-corrected chi connectivity index (χ1v) is 4.81. The molecule has 0 heterocycles. The minimum Gasteiger partial charge on any atom is -0.495 e. The van der Waals surface area contributed by atoms with Crippen molar-refractivity contribution in [2.75, 3.05) is 7.11 Å². The molecule has 1 aromatic carbocycles. The van der Waals surface area contributed by atoms with E-state index in [0.29, 0.717) is 0 Å². The van der Waals surface area contributed by atoms with Crippen LogP contribution >= 0.6 is 15.9 Å².